The molecule has 7 nitrogen and oxygen atoms in total. The summed E-state index contributed by atoms with van der Waals surface area (Å²) in [4.78, 5) is 17.1. The minimum atomic E-state index is -0.101. The summed E-state index contributed by atoms with van der Waals surface area (Å²) in [6.45, 7) is 1.86. The van der Waals surface area contributed by atoms with E-state index in [2.05, 4.69) is 20.7 Å². The van der Waals surface area contributed by atoms with Crippen molar-refractivity contribution in [3.8, 4) is 0 Å². The summed E-state index contributed by atoms with van der Waals surface area (Å²) in [7, 11) is 1.89. The molecule has 27 heavy (non-hydrogen) atoms. The summed E-state index contributed by atoms with van der Waals surface area (Å²) in [5, 5.41) is 11.2. The first-order chi connectivity index (χ1) is 12.1. The number of aryl methyl sites for hydroxylation is 1. The van der Waals surface area contributed by atoms with Gasteiger partial charge < -0.3 is 15.0 Å². The number of carbonyl (C=O) groups excluding carboxylic acids is 1. The molecule has 10 heteroatoms. The van der Waals surface area contributed by atoms with Gasteiger partial charge >= 0.3 is 0 Å². The molecule has 0 saturated carbocycles. The van der Waals surface area contributed by atoms with Crippen LogP contribution in [0.15, 0.2) is 36.9 Å². The van der Waals surface area contributed by atoms with E-state index in [0.717, 1.165) is 23.4 Å². The zero-order valence-corrected chi connectivity index (χ0v) is 17.0. The quantitative estimate of drug-likeness (QED) is 0.664. The average molecular weight is 432 g/mol. The Morgan fingerprint density at radius 3 is 2.85 bits per heavy atom. The molecule has 146 valence electrons. The Labute approximate surface area is 174 Å². The number of halogens is 3. The van der Waals surface area contributed by atoms with Crippen molar-refractivity contribution in [3.05, 3.63) is 53.2 Å². The highest BCUT2D eigenvalue weighted by atomic mass is 35.5. The third-order valence-corrected chi connectivity index (χ3v) is 4.84. The molecule has 1 saturated heterocycles. The number of hydrogen-bond donors (Lipinski definition) is 2. The van der Waals surface area contributed by atoms with Crippen LogP contribution in [0, 0.1) is 5.92 Å². The van der Waals surface area contributed by atoms with Gasteiger partial charge in [-0.1, -0.05) is 11.6 Å². The minimum Gasteiger partial charge on any atom is -0.350 e. The number of pyridine rings is 1. The molecular formula is C17H21Cl3N6O. The number of rotatable bonds is 4. The Morgan fingerprint density at radius 1 is 1.30 bits per heavy atom. The van der Waals surface area contributed by atoms with Crippen LogP contribution in [0.5, 0.6) is 0 Å². The second-order valence-electron chi connectivity index (χ2n) is 6.38. The van der Waals surface area contributed by atoms with E-state index in [4.69, 9.17) is 11.6 Å². The Hall–Kier alpha value is -1.80. The van der Waals surface area contributed by atoms with E-state index in [-0.39, 0.29) is 42.6 Å². The lowest BCUT2D eigenvalue weighted by molar-refractivity contribution is -0.125. The predicted octanol–water partition coefficient (Wildman–Crippen LogP) is 2.18. The van der Waals surface area contributed by atoms with Crippen molar-refractivity contribution in [3.63, 3.8) is 0 Å². The van der Waals surface area contributed by atoms with E-state index in [0.29, 0.717) is 18.1 Å². The van der Waals surface area contributed by atoms with Gasteiger partial charge in [0.25, 0.3) is 0 Å². The number of aromatic nitrogens is 4. The molecular weight excluding hydrogens is 411 g/mol. The molecule has 1 aliphatic rings. The highest BCUT2D eigenvalue weighted by Gasteiger charge is 2.34. The Kier molecular flexibility index (Phi) is 7.11. The van der Waals surface area contributed by atoms with Gasteiger partial charge in [-0.25, -0.2) is 4.98 Å². The fraction of sp³-hybridized carbons (Fsp3) is 0.353. The monoisotopic (exact) mass is 430 g/mol. The zero-order valence-electron chi connectivity index (χ0n) is 14.6. The van der Waals surface area contributed by atoms with Gasteiger partial charge in [0.15, 0.2) is 0 Å². The maximum atomic E-state index is 12.6. The van der Waals surface area contributed by atoms with Gasteiger partial charge in [0.2, 0.25) is 5.91 Å². The maximum absolute atomic E-state index is 12.6. The number of nitrogens with one attached hydrogen (secondary N) is 2. The normalized spacial score (nSPS) is 18.7. The van der Waals surface area contributed by atoms with E-state index in [9.17, 15) is 4.79 Å². The number of fused-ring (bicyclic) bond motifs is 1. The van der Waals surface area contributed by atoms with Crippen molar-refractivity contribution in [1.82, 2.24) is 29.8 Å². The predicted molar refractivity (Wildman–Crippen MR) is 109 cm³/mol. The molecule has 3 aromatic heterocycles. The van der Waals surface area contributed by atoms with Crippen molar-refractivity contribution < 1.29 is 4.79 Å². The average Bonchev–Trinajstić information content (AvgIpc) is 3.30. The van der Waals surface area contributed by atoms with Crippen molar-refractivity contribution in [1.29, 1.82) is 0 Å². The Balaban J connectivity index is 0.00000131. The van der Waals surface area contributed by atoms with Gasteiger partial charge in [-0.2, -0.15) is 5.10 Å². The van der Waals surface area contributed by atoms with Gasteiger partial charge in [0, 0.05) is 44.6 Å². The van der Waals surface area contributed by atoms with Crippen molar-refractivity contribution in [2.75, 3.05) is 13.1 Å². The first-order valence-corrected chi connectivity index (χ1v) is 8.58. The summed E-state index contributed by atoms with van der Waals surface area (Å²) < 4.78 is 3.63. The van der Waals surface area contributed by atoms with Crippen molar-refractivity contribution >= 4 is 48.0 Å². The van der Waals surface area contributed by atoms with Crippen LogP contribution in [0.1, 0.15) is 17.2 Å². The number of imidazole rings is 1. The molecule has 4 heterocycles. The summed E-state index contributed by atoms with van der Waals surface area (Å²) >= 11 is 5.99. The van der Waals surface area contributed by atoms with E-state index < -0.39 is 0 Å². The Morgan fingerprint density at radius 2 is 2.11 bits per heavy atom. The van der Waals surface area contributed by atoms with Gasteiger partial charge in [-0.05, 0) is 17.7 Å². The van der Waals surface area contributed by atoms with E-state index >= 15 is 0 Å². The third kappa shape index (κ3) is 4.55. The first kappa shape index (κ1) is 21.5. The molecule has 1 amide bonds. The van der Waals surface area contributed by atoms with Crippen molar-refractivity contribution in [2.45, 2.75) is 12.5 Å². The molecule has 0 bridgehead atoms. The second-order valence-corrected chi connectivity index (χ2v) is 6.82. The zero-order chi connectivity index (χ0) is 17.4. The smallest absolute Gasteiger partial charge is 0.225 e. The maximum Gasteiger partial charge on any atom is 0.225 e. The highest BCUT2D eigenvalue weighted by molar-refractivity contribution is 6.30. The number of carbonyl (C=O) groups is 1. The van der Waals surface area contributed by atoms with Gasteiger partial charge in [-0.15, -0.1) is 24.8 Å². The summed E-state index contributed by atoms with van der Waals surface area (Å²) in [5.41, 5.74) is 2.71. The van der Waals surface area contributed by atoms with Gasteiger partial charge in [0.05, 0.1) is 29.4 Å². The van der Waals surface area contributed by atoms with Crippen molar-refractivity contribution in [2.24, 2.45) is 13.0 Å². The molecule has 4 rings (SSSR count). The molecule has 1 aliphatic heterocycles. The third-order valence-electron chi connectivity index (χ3n) is 4.61. The lowest BCUT2D eigenvalue weighted by Gasteiger charge is -2.16. The van der Waals surface area contributed by atoms with Crippen LogP contribution in [0.25, 0.3) is 5.65 Å². The summed E-state index contributed by atoms with van der Waals surface area (Å²) in [6.07, 6.45) is 7.50. The SMILES string of the molecule is Cl.Cl.Cn1cc([C@H]2CNC[C@@H]2C(=O)NCc2cn3cc(Cl)ccc3n2)cn1. The standard InChI is InChI=1S/C17H19ClN6O.2ClH/c1-23-8-11(4-21-23)14-6-19-7-15(14)17(25)20-5-13-10-24-9-12(18)2-3-16(24)22-13;;/h2-4,8-10,14-15,19H,5-7H2,1H3,(H,20,25);2*1H/t14-,15+;;/m1../s1. The van der Waals surface area contributed by atoms with Crippen LogP contribution < -0.4 is 10.6 Å². The highest BCUT2D eigenvalue weighted by Crippen LogP contribution is 2.27. The fourth-order valence-corrected chi connectivity index (χ4v) is 3.52. The van der Waals surface area contributed by atoms with E-state index in [1.54, 1.807) is 16.9 Å². The number of nitrogens with zero attached hydrogens (tertiary/aromatic N) is 4. The number of amides is 1. The van der Waals surface area contributed by atoms with Crippen LogP contribution >= 0.6 is 36.4 Å². The molecule has 3 aromatic rings. The molecule has 0 spiro atoms. The first-order valence-electron chi connectivity index (χ1n) is 8.20. The van der Waals surface area contributed by atoms with Crippen LogP contribution in [-0.4, -0.2) is 38.2 Å². The van der Waals surface area contributed by atoms with Crippen LogP contribution in [0.4, 0.5) is 0 Å². The molecule has 0 radical (unpaired) electrons. The Bertz CT molecular complexity index is 924. The largest absolute Gasteiger partial charge is 0.350 e. The van der Waals surface area contributed by atoms with E-state index in [1.165, 1.54) is 0 Å². The molecule has 0 aromatic carbocycles. The summed E-state index contributed by atoms with van der Waals surface area (Å²) in [6, 6.07) is 3.65. The molecule has 0 aliphatic carbocycles. The van der Waals surface area contributed by atoms with Crippen LogP contribution in [0.3, 0.4) is 0 Å². The lowest BCUT2D eigenvalue weighted by atomic mass is 9.90. The topological polar surface area (TPSA) is 76.2 Å². The minimum absolute atomic E-state index is 0. The molecule has 1 fully saturated rings. The molecule has 0 unspecified atom stereocenters. The second kappa shape index (κ2) is 8.93. The van der Waals surface area contributed by atoms with Crippen LogP contribution in [0.2, 0.25) is 5.02 Å². The number of hydrogen-bond acceptors (Lipinski definition) is 4. The van der Waals surface area contributed by atoms with Gasteiger partial charge in [0.1, 0.15) is 5.65 Å². The summed E-state index contributed by atoms with van der Waals surface area (Å²) in [5.74, 6) is 0.0817. The van der Waals surface area contributed by atoms with Crippen LogP contribution in [-0.2, 0) is 18.4 Å². The molecule has 2 N–H and O–H groups in total. The fourth-order valence-electron chi connectivity index (χ4n) is 3.35. The lowest BCUT2D eigenvalue weighted by Crippen LogP contribution is -2.34. The van der Waals surface area contributed by atoms with Gasteiger partial charge in [-0.3, -0.25) is 9.48 Å². The van der Waals surface area contributed by atoms with E-state index in [1.807, 2.05) is 36.1 Å². The molecule has 2 atom stereocenters.